The summed E-state index contributed by atoms with van der Waals surface area (Å²) in [5, 5.41) is 0. The summed E-state index contributed by atoms with van der Waals surface area (Å²) in [5.41, 5.74) is 4.62. The molecular weight excluding hydrogens is 316 g/mol. The Balaban J connectivity index is 2.31. The van der Waals surface area contributed by atoms with E-state index in [9.17, 15) is 9.59 Å². The van der Waals surface area contributed by atoms with Gasteiger partial charge in [-0.15, -0.1) is 0 Å². The third kappa shape index (κ3) is 4.12. The Kier molecular flexibility index (Phi) is 5.71. The van der Waals surface area contributed by atoms with Gasteiger partial charge < -0.3 is 9.47 Å². The number of rotatable bonds is 5. The van der Waals surface area contributed by atoms with Gasteiger partial charge in [-0.2, -0.15) is 0 Å². The average Bonchev–Trinajstić information content (AvgIpc) is 2.56. The van der Waals surface area contributed by atoms with E-state index in [4.69, 9.17) is 9.47 Å². The highest BCUT2D eigenvalue weighted by molar-refractivity contribution is 5.72. The van der Waals surface area contributed by atoms with Crippen LogP contribution in [0.25, 0.3) is 0 Å². The van der Waals surface area contributed by atoms with Crippen LogP contribution in [0.3, 0.4) is 0 Å². The Morgan fingerprint density at radius 3 is 2.48 bits per heavy atom. The van der Waals surface area contributed by atoms with Crippen molar-refractivity contribution in [3.8, 4) is 11.5 Å². The van der Waals surface area contributed by atoms with Gasteiger partial charge in [0.1, 0.15) is 23.4 Å². The number of hydrogen-bond acceptors (Lipinski definition) is 4. The van der Waals surface area contributed by atoms with Gasteiger partial charge in [0.25, 0.3) is 0 Å². The summed E-state index contributed by atoms with van der Waals surface area (Å²) >= 11 is 0. The topological polar surface area (TPSA) is 52.6 Å². The molecule has 0 fully saturated rings. The molecule has 4 nitrogen and oxygen atoms in total. The molecule has 25 heavy (non-hydrogen) atoms. The lowest BCUT2D eigenvalue weighted by molar-refractivity contribution is -0.132. The third-order valence-electron chi connectivity index (χ3n) is 5.13. The van der Waals surface area contributed by atoms with Crippen LogP contribution in [0.5, 0.6) is 11.5 Å². The van der Waals surface area contributed by atoms with Gasteiger partial charge in [0.2, 0.25) is 0 Å². The molecule has 0 amide bonds. The molecule has 0 aliphatic carbocycles. The van der Waals surface area contributed by atoms with E-state index in [0.717, 1.165) is 65.5 Å². The molecule has 2 rings (SSSR count). The maximum Gasteiger partial charge on any atom is 0.308 e. The van der Waals surface area contributed by atoms with Crippen LogP contribution in [-0.2, 0) is 16.0 Å². The molecule has 4 heteroatoms. The van der Waals surface area contributed by atoms with Crippen molar-refractivity contribution < 1.29 is 19.1 Å². The molecule has 0 saturated heterocycles. The van der Waals surface area contributed by atoms with Crippen LogP contribution in [0.15, 0.2) is 11.6 Å². The van der Waals surface area contributed by atoms with Crippen molar-refractivity contribution in [2.24, 2.45) is 0 Å². The molecule has 1 aromatic rings. The quantitative estimate of drug-likeness (QED) is 0.340. The summed E-state index contributed by atoms with van der Waals surface area (Å²) in [5.74, 6) is 1.29. The second-order valence-electron chi connectivity index (χ2n) is 7.26. The summed E-state index contributed by atoms with van der Waals surface area (Å²) in [6, 6.07) is 0. The van der Waals surface area contributed by atoms with Gasteiger partial charge in [0.05, 0.1) is 0 Å². The van der Waals surface area contributed by atoms with Gasteiger partial charge in [-0.25, -0.2) is 0 Å². The highest BCUT2D eigenvalue weighted by Gasteiger charge is 2.34. The van der Waals surface area contributed by atoms with Gasteiger partial charge >= 0.3 is 5.97 Å². The summed E-state index contributed by atoms with van der Waals surface area (Å²) in [7, 11) is 0. The first-order valence-electron chi connectivity index (χ1n) is 8.80. The van der Waals surface area contributed by atoms with Gasteiger partial charge in [-0.1, -0.05) is 6.08 Å². The maximum absolute atomic E-state index is 11.4. The molecule has 0 radical (unpaired) electrons. The smallest absolute Gasteiger partial charge is 0.308 e. The van der Waals surface area contributed by atoms with Gasteiger partial charge in [-0.3, -0.25) is 9.59 Å². The number of carbonyl (C=O) groups is 2. The maximum atomic E-state index is 11.4. The van der Waals surface area contributed by atoms with Crippen molar-refractivity contribution in [3.63, 3.8) is 0 Å². The summed E-state index contributed by atoms with van der Waals surface area (Å²) in [6.07, 6.45) is 6.32. The average molecular weight is 344 g/mol. The lowest BCUT2D eigenvalue weighted by Crippen LogP contribution is -2.37. The zero-order valence-electron chi connectivity index (χ0n) is 16.1. The molecular formula is C21H28O4. The molecule has 0 N–H and O–H groups in total. The van der Waals surface area contributed by atoms with Crippen molar-refractivity contribution in [1.82, 2.24) is 0 Å². The molecule has 1 aliphatic heterocycles. The normalized spacial score (nSPS) is 19.8. The zero-order chi connectivity index (χ0) is 18.8. The van der Waals surface area contributed by atoms with Crippen LogP contribution in [0.4, 0.5) is 0 Å². The number of benzene rings is 1. The van der Waals surface area contributed by atoms with E-state index in [1.165, 1.54) is 6.92 Å². The molecule has 1 unspecified atom stereocenters. The Bertz CT molecular complexity index is 730. The predicted molar refractivity (Wildman–Crippen MR) is 98.4 cm³/mol. The molecule has 0 aromatic heterocycles. The summed E-state index contributed by atoms with van der Waals surface area (Å²) in [4.78, 5) is 22.1. The zero-order valence-corrected chi connectivity index (χ0v) is 16.1. The van der Waals surface area contributed by atoms with Crippen molar-refractivity contribution >= 4 is 12.3 Å². The minimum atomic E-state index is -0.301. The second kappa shape index (κ2) is 7.42. The Morgan fingerprint density at radius 1 is 1.20 bits per heavy atom. The van der Waals surface area contributed by atoms with E-state index in [1.807, 2.05) is 33.8 Å². The summed E-state index contributed by atoms with van der Waals surface area (Å²) in [6.45, 7) is 11.3. The van der Waals surface area contributed by atoms with E-state index < -0.39 is 0 Å². The third-order valence-corrected chi connectivity index (χ3v) is 5.13. The number of hydrogen-bond donors (Lipinski definition) is 0. The number of ether oxygens (including phenoxy) is 2. The van der Waals surface area contributed by atoms with E-state index >= 15 is 0 Å². The highest BCUT2D eigenvalue weighted by atomic mass is 16.5. The fourth-order valence-corrected chi connectivity index (χ4v) is 3.41. The van der Waals surface area contributed by atoms with Crippen LogP contribution in [0, 0.1) is 20.8 Å². The Hall–Kier alpha value is -2.10. The van der Waals surface area contributed by atoms with Gasteiger partial charge in [0, 0.05) is 12.5 Å². The van der Waals surface area contributed by atoms with E-state index in [0.29, 0.717) is 5.75 Å². The molecule has 0 saturated carbocycles. The van der Waals surface area contributed by atoms with Crippen LogP contribution >= 0.6 is 0 Å². The summed E-state index contributed by atoms with van der Waals surface area (Å²) < 4.78 is 11.9. The van der Waals surface area contributed by atoms with Crippen LogP contribution in [0.1, 0.15) is 62.3 Å². The minimum Gasteiger partial charge on any atom is -0.487 e. The second-order valence-corrected chi connectivity index (χ2v) is 7.26. The number of fused-ring (bicyclic) bond motifs is 1. The van der Waals surface area contributed by atoms with Crippen molar-refractivity contribution in [2.75, 3.05) is 0 Å². The number of carbonyl (C=O) groups excluding carboxylic acids is 2. The van der Waals surface area contributed by atoms with Gasteiger partial charge in [-0.05, 0) is 82.6 Å². The molecule has 0 bridgehead atoms. The van der Waals surface area contributed by atoms with E-state index in [1.54, 1.807) is 0 Å². The molecule has 0 spiro atoms. The molecule has 1 aromatic carbocycles. The highest BCUT2D eigenvalue weighted by Crippen LogP contribution is 2.44. The van der Waals surface area contributed by atoms with Gasteiger partial charge in [0.15, 0.2) is 0 Å². The molecule has 1 atom stereocenters. The van der Waals surface area contributed by atoms with Crippen molar-refractivity contribution in [3.05, 3.63) is 33.9 Å². The first-order valence-corrected chi connectivity index (χ1v) is 8.80. The fourth-order valence-electron chi connectivity index (χ4n) is 3.41. The molecule has 1 heterocycles. The fraction of sp³-hybridized carbons (Fsp3) is 0.524. The standard InChI is InChI=1S/C21H28O4/c1-13(12-22)8-7-10-21(6)11-9-18-16(4)19(24-17(5)23)14(2)15(3)20(18)25-21/h8,12H,7,9-11H2,1-6H3. The number of esters is 1. The molecule has 136 valence electrons. The number of allylic oxidation sites excluding steroid dienone is 2. The monoisotopic (exact) mass is 344 g/mol. The van der Waals surface area contributed by atoms with Crippen LogP contribution in [-0.4, -0.2) is 17.9 Å². The largest absolute Gasteiger partial charge is 0.487 e. The minimum absolute atomic E-state index is 0.251. The first-order chi connectivity index (χ1) is 11.7. The number of aldehydes is 1. The molecule has 1 aliphatic rings. The van der Waals surface area contributed by atoms with Crippen molar-refractivity contribution in [1.29, 1.82) is 0 Å². The van der Waals surface area contributed by atoms with E-state index in [-0.39, 0.29) is 11.6 Å². The van der Waals surface area contributed by atoms with Crippen LogP contribution < -0.4 is 9.47 Å². The van der Waals surface area contributed by atoms with Crippen LogP contribution in [0.2, 0.25) is 0 Å². The van der Waals surface area contributed by atoms with Crippen molar-refractivity contribution in [2.45, 2.75) is 72.8 Å². The lowest BCUT2D eigenvalue weighted by Gasteiger charge is -2.38. The first kappa shape index (κ1) is 19.2. The SMILES string of the molecule is CC(=O)Oc1c(C)c(C)c2c(c1C)CCC(C)(CCC=C(C)C=O)O2. The van der Waals surface area contributed by atoms with E-state index in [2.05, 4.69) is 6.92 Å². The lowest BCUT2D eigenvalue weighted by atomic mass is 9.85. The predicted octanol–water partition coefficient (Wildman–Crippen LogP) is 4.55. The Labute approximate surface area is 150 Å². The Morgan fingerprint density at radius 2 is 1.88 bits per heavy atom.